The predicted octanol–water partition coefficient (Wildman–Crippen LogP) is 8.28. The van der Waals surface area contributed by atoms with E-state index in [1.807, 2.05) is 0 Å². The molecule has 0 fully saturated rings. The molecule has 1 aliphatic rings. The van der Waals surface area contributed by atoms with E-state index in [2.05, 4.69) is 120 Å². The first-order valence-corrected chi connectivity index (χ1v) is 12.6. The summed E-state index contributed by atoms with van der Waals surface area (Å²) in [5.74, 6) is 0. The van der Waals surface area contributed by atoms with Gasteiger partial charge in [0.1, 0.15) is 18.2 Å². The number of hydrogen-bond donors (Lipinski definition) is 0. The smallest absolute Gasteiger partial charge is 0.216 e. The maximum Gasteiger partial charge on any atom is 0.216 e. The van der Waals surface area contributed by atoms with Crippen LogP contribution in [0.25, 0.3) is 44.3 Å². The highest BCUT2D eigenvalue weighted by Gasteiger charge is 2.41. The van der Waals surface area contributed by atoms with Crippen LogP contribution in [0, 0.1) is 12.3 Å². The lowest BCUT2D eigenvalue weighted by Crippen LogP contribution is -2.31. The molecule has 6 rings (SSSR count). The van der Waals surface area contributed by atoms with E-state index in [1.54, 1.807) is 0 Å². The second-order valence-electron chi connectivity index (χ2n) is 12.0. The van der Waals surface area contributed by atoms with Crippen molar-refractivity contribution < 1.29 is 8.98 Å². The molecule has 2 heterocycles. The largest absolute Gasteiger partial charge is 0.455 e. The first-order valence-electron chi connectivity index (χ1n) is 12.6. The molecular formula is C33H34NO+. The van der Waals surface area contributed by atoms with Gasteiger partial charge in [-0.2, -0.15) is 0 Å². The Balaban J connectivity index is 1.79. The van der Waals surface area contributed by atoms with Crippen LogP contribution in [0.1, 0.15) is 56.9 Å². The zero-order valence-corrected chi connectivity index (χ0v) is 21.9. The normalized spacial score (nSPS) is 14.5. The molecule has 2 aromatic heterocycles. The average molecular weight is 461 g/mol. The van der Waals surface area contributed by atoms with Crippen LogP contribution in [-0.2, 0) is 18.9 Å². The number of benzene rings is 3. The molecule has 3 aromatic carbocycles. The molecule has 35 heavy (non-hydrogen) atoms. The summed E-state index contributed by atoms with van der Waals surface area (Å²) < 4.78 is 8.96. The summed E-state index contributed by atoms with van der Waals surface area (Å²) in [4.78, 5) is 0. The van der Waals surface area contributed by atoms with Gasteiger partial charge in [0.25, 0.3) is 0 Å². The molecule has 0 bridgehead atoms. The fourth-order valence-corrected chi connectivity index (χ4v) is 6.40. The Hall–Kier alpha value is -3.39. The fraction of sp³-hybridized carbons (Fsp3) is 0.303. The maximum absolute atomic E-state index is 6.71. The van der Waals surface area contributed by atoms with Crippen LogP contribution in [-0.4, -0.2) is 0 Å². The number of rotatable bonds is 2. The van der Waals surface area contributed by atoms with E-state index in [1.165, 1.54) is 55.4 Å². The number of aromatic nitrogens is 1. The third kappa shape index (κ3) is 3.19. The molecule has 1 aliphatic carbocycles. The molecule has 2 heteroatoms. The highest BCUT2D eigenvalue weighted by molar-refractivity contribution is 6.19. The van der Waals surface area contributed by atoms with Crippen LogP contribution >= 0.6 is 0 Å². The minimum Gasteiger partial charge on any atom is -0.455 e. The van der Waals surface area contributed by atoms with E-state index in [-0.39, 0.29) is 10.8 Å². The van der Waals surface area contributed by atoms with Crippen molar-refractivity contribution in [2.75, 3.05) is 0 Å². The summed E-state index contributed by atoms with van der Waals surface area (Å²) in [7, 11) is 2.15. The Bertz CT molecular complexity index is 1640. The summed E-state index contributed by atoms with van der Waals surface area (Å²) >= 11 is 0. The van der Waals surface area contributed by atoms with Gasteiger partial charge in [0.15, 0.2) is 6.20 Å². The molecule has 0 aliphatic heterocycles. The molecule has 0 unspecified atom stereocenters. The SMILES string of the molecule is Cc1c2c(c3c(oc4ccccc43)c1-c1cc(CC(C)(C)C)cc[n+]1C)-c1ccccc1C2(C)C. The summed E-state index contributed by atoms with van der Waals surface area (Å²) in [6.45, 7) is 14.0. The molecular weight excluding hydrogens is 426 g/mol. The van der Waals surface area contributed by atoms with Gasteiger partial charge in [-0.1, -0.05) is 77.1 Å². The topological polar surface area (TPSA) is 17.0 Å². The average Bonchev–Trinajstić information content (AvgIpc) is 3.28. The lowest BCUT2D eigenvalue weighted by molar-refractivity contribution is -0.660. The molecule has 0 amide bonds. The Labute approximate surface area is 208 Å². The van der Waals surface area contributed by atoms with Gasteiger partial charge in [0.2, 0.25) is 5.69 Å². The first kappa shape index (κ1) is 22.1. The fourth-order valence-electron chi connectivity index (χ4n) is 6.40. The van der Waals surface area contributed by atoms with E-state index >= 15 is 0 Å². The Morgan fingerprint density at radius 3 is 2.40 bits per heavy atom. The second kappa shape index (κ2) is 7.31. The van der Waals surface area contributed by atoms with Gasteiger partial charge in [-0.05, 0) is 58.2 Å². The second-order valence-corrected chi connectivity index (χ2v) is 12.0. The van der Waals surface area contributed by atoms with Crippen LogP contribution in [0.2, 0.25) is 0 Å². The number of aryl methyl sites for hydroxylation is 1. The van der Waals surface area contributed by atoms with Crippen LogP contribution < -0.4 is 4.57 Å². The van der Waals surface area contributed by atoms with E-state index in [0.29, 0.717) is 0 Å². The zero-order valence-electron chi connectivity index (χ0n) is 21.9. The van der Waals surface area contributed by atoms with Gasteiger partial charge in [-0.3, -0.25) is 0 Å². The quantitative estimate of drug-likeness (QED) is 0.242. The molecule has 5 aromatic rings. The highest BCUT2D eigenvalue weighted by atomic mass is 16.3. The number of furan rings is 1. The Morgan fingerprint density at radius 2 is 1.63 bits per heavy atom. The monoisotopic (exact) mass is 460 g/mol. The van der Waals surface area contributed by atoms with Gasteiger partial charge in [0, 0.05) is 28.3 Å². The van der Waals surface area contributed by atoms with Gasteiger partial charge in [0.05, 0.1) is 5.56 Å². The van der Waals surface area contributed by atoms with Crippen molar-refractivity contribution in [3.8, 4) is 22.4 Å². The number of fused-ring (bicyclic) bond motifs is 7. The van der Waals surface area contributed by atoms with Crippen molar-refractivity contribution in [2.24, 2.45) is 12.5 Å². The van der Waals surface area contributed by atoms with Crippen molar-refractivity contribution >= 4 is 21.9 Å². The Morgan fingerprint density at radius 1 is 0.914 bits per heavy atom. The number of hydrogen-bond acceptors (Lipinski definition) is 1. The van der Waals surface area contributed by atoms with E-state index in [9.17, 15) is 0 Å². The maximum atomic E-state index is 6.71. The molecule has 0 radical (unpaired) electrons. The molecule has 0 atom stereocenters. The van der Waals surface area contributed by atoms with E-state index in [4.69, 9.17) is 4.42 Å². The standard InChI is InChI=1S/C33H34NO/c1-20-27(25-18-21(16-17-34(25)7)19-32(2,3)4)31-29(23-13-9-11-15-26(23)35-31)28-22-12-8-10-14-24(22)33(5,6)30(20)28/h8-18H,19H2,1-7H3/q+1. The number of pyridine rings is 1. The molecule has 0 saturated heterocycles. The van der Waals surface area contributed by atoms with Crippen molar-refractivity contribution in [3.05, 3.63) is 89.1 Å². The van der Waals surface area contributed by atoms with Crippen LogP contribution in [0.4, 0.5) is 0 Å². The van der Waals surface area contributed by atoms with Crippen LogP contribution in [0.5, 0.6) is 0 Å². The summed E-state index contributed by atoms with van der Waals surface area (Å²) in [5.41, 5.74) is 12.7. The minimum atomic E-state index is -0.0844. The molecule has 2 nitrogen and oxygen atoms in total. The molecule has 0 spiro atoms. The van der Waals surface area contributed by atoms with Crippen LogP contribution in [0.15, 0.2) is 71.3 Å². The minimum absolute atomic E-state index is 0.0844. The zero-order chi connectivity index (χ0) is 24.7. The molecule has 0 saturated carbocycles. The van der Waals surface area contributed by atoms with Crippen molar-refractivity contribution in [1.29, 1.82) is 0 Å². The lowest BCUT2D eigenvalue weighted by atomic mass is 9.78. The van der Waals surface area contributed by atoms with Gasteiger partial charge in [-0.25, -0.2) is 4.57 Å². The first-order chi connectivity index (χ1) is 16.6. The summed E-state index contributed by atoms with van der Waals surface area (Å²) in [5, 5.41) is 2.44. The molecule has 176 valence electrons. The summed E-state index contributed by atoms with van der Waals surface area (Å²) in [6, 6.07) is 22.1. The van der Waals surface area contributed by atoms with Gasteiger partial charge >= 0.3 is 0 Å². The van der Waals surface area contributed by atoms with Gasteiger partial charge in [-0.15, -0.1) is 0 Å². The predicted molar refractivity (Wildman–Crippen MR) is 146 cm³/mol. The van der Waals surface area contributed by atoms with Crippen LogP contribution in [0.3, 0.4) is 0 Å². The third-order valence-electron chi connectivity index (χ3n) is 7.77. The van der Waals surface area contributed by atoms with Crippen molar-refractivity contribution in [3.63, 3.8) is 0 Å². The van der Waals surface area contributed by atoms with E-state index in [0.717, 1.165) is 17.6 Å². The van der Waals surface area contributed by atoms with Crippen molar-refractivity contribution in [1.82, 2.24) is 0 Å². The summed E-state index contributed by atoms with van der Waals surface area (Å²) in [6.07, 6.45) is 3.24. The third-order valence-corrected chi connectivity index (χ3v) is 7.77. The lowest BCUT2D eigenvalue weighted by Gasteiger charge is -2.24. The van der Waals surface area contributed by atoms with Crippen molar-refractivity contribution in [2.45, 2.75) is 53.4 Å². The van der Waals surface area contributed by atoms with E-state index < -0.39 is 0 Å². The number of nitrogens with zero attached hydrogens (tertiary/aromatic N) is 1. The highest BCUT2D eigenvalue weighted by Crippen LogP contribution is 2.56. The Kier molecular flexibility index (Phi) is 4.61. The number of para-hydroxylation sites is 1. The van der Waals surface area contributed by atoms with Gasteiger partial charge < -0.3 is 4.42 Å². The molecule has 0 N–H and O–H groups in total.